The van der Waals surface area contributed by atoms with Crippen LogP contribution in [0.3, 0.4) is 0 Å². The highest BCUT2D eigenvalue weighted by Crippen LogP contribution is 2.28. The highest BCUT2D eigenvalue weighted by molar-refractivity contribution is 7.80. The van der Waals surface area contributed by atoms with Gasteiger partial charge >= 0.3 is 0 Å². The Morgan fingerprint density at radius 3 is 2.76 bits per heavy atom. The maximum Gasteiger partial charge on any atom is 0.107 e. The van der Waals surface area contributed by atoms with Crippen LogP contribution in [0.15, 0.2) is 30.5 Å². The molecule has 0 aliphatic heterocycles. The molecular formula is C17H21N3S. The van der Waals surface area contributed by atoms with E-state index in [9.17, 15) is 0 Å². The van der Waals surface area contributed by atoms with Crippen LogP contribution in [0.1, 0.15) is 37.7 Å². The van der Waals surface area contributed by atoms with Gasteiger partial charge in [-0.05, 0) is 24.8 Å². The van der Waals surface area contributed by atoms with Gasteiger partial charge in [-0.15, -0.1) is 0 Å². The molecule has 1 aromatic heterocycles. The Balaban J connectivity index is 1.90. The summed E-state index contributed by atoms with van der Waals surface area (Å²) in [5.74, 6) is 0.755. The molecular weight excluding hydrogens is 278 g/mol. The van der Waals surface area contributed by atoms with Gasteiger partial charge in [0.15, 0.2) is 0 Å². The van der Waals surface area contributed by atoms with Crippen molar-refractivity contribution in [3.8, 4) is 0 Å². The summed E-state index contributed by atoms with van der Waals surface area (Å²) < 4.78 is 0. The normalized spacial score (nSPS) is 16.0. The molecule has 0 amide bonds. The number of hydrogen-bond donors (Lipinski definition) is 2. The molecule has 3 N–H and O–H groups in total. The molecule has 1 aliphatic rings. The summed E-state index contributed by atoms with van der Waals surface area (Å²) in [7, 11) is 0. The molecule has 0 atom stereocenters. The second-order valence-corrected chi connectivity index (χ2v) is 6.25. The van der Waals surface area contributed by atoms with Crippen LogP contribution in [0.2, 0.25) is 0 Å². The molecule has 0 unspecified atom stereocenters. The van der Waals surface area contributed by atoms with Crippen molar-refractivity contribution >= 4 is 33.8 Å². The van der Waals surface area contributed by atoms with Gasteiger partial charge < -0.3 is 11.1 Å². The van der Waals surface area contributed by atoms with Crippen LogP contribution in [0, 0.1) is 5.92 Å². The monoisotopic (exact) mass is 299 g/mol. The molecule has 0 radical (unpaired) electrons. The Kier molecular flexibility index (Phi) is 4.34. The van der Waals surface area contributed by atoms with E-state index in [1.165, 1.54) is 32.1 Å². The standard InChI is InChI=1S/C17H21N3S/c18-17(21)14-11-19-15-9-5-4-8-13(15)16(14)20-10-12-6-2-1-3-7-12/h4-5,8-9,11-12H,1-3,6-7,10H2,(H2,18,21)(H,19,20). The third kappa shape index (κ3) is 3.16. The summed E-state index contributed by atoms with van der Waals surface area (Å²) in [4.78, 5) is 4.85. The number of hydrogen-bond acceptors (Lipinski definition) is 3. The molecule has 4 heteroatoms. The Labute approximate surface area is 130 Å². The summed E-state index contributed by atoms with van der Waals surface area (Å²) in [6.07, 6.45) is 8.51. The zero-order valence-corrected chi connectivity index (χ0v) is 13.0. The fraction of sp³-hybridized carbons (Fsp3) is 0.412. The van der Waals surface area contributed by atoms with Crippen LogP contribution in [0.4, 0.5) is 5.69 Å². The lowest BCUT2D eigenvalue weighted by atomic mass is 9.89. The number of thiocarbonyl (C=S) groups is 1. The van der Waals surface area contributed by atoms with Gasteiger partial charge in [0.1, 0.15) is 4.99 Å². The maximum atomic E-state index is 5.87. The van der Waals surface area contributed by atoms with E-state index in [0.717, 1.165) is 34.6 Å². The Morgan fingerprint density at radius 1 is 1.24 bits per heavy atom. The quantitative estimate of drug-likeness (QED) is 0.842. The molecule has 1 heterocycles. The van der Waals surface area contributed by atoms with E-state index in [2.05, 4.69) is 16.4 Å². The van der Waals surface area contributed by atoms with Crippen molar-refractivity contribution in [1.82, 2.24) is 4.98 Å². The van der Waals surface area contributed by atoms with Gasteiger partial charge in [0.2, 0.25) is 0 Å². The topological polar surface area (TPSA) is 50.9 Å². The number of nitrogens with zero attached hydrogens (tertiary/aromatic N) is 1. The third-order valence-electron chi connectivity index (χ3n) is 4.33. The first kappa shape index (κ1) is 14.3. The summed E-state index contributed by atoms with van der Waals surface area (Å²) in [6.45, 7) is 0.990. The Morgan fingerprint density at radius 2 is 2.00 bits per heavy atom. The van der Waals surface area contributed by atoms with Gasteiger partial charge in [-0.1, -0.05) is 49.7 Å². The van der Waals surface area contributed by atoms with Crippen molar-refractivity contribution in [2.24, 2.45) is 11.7 Å². The Hall–Kier alpha value is -1.68. The fourth-order valence-electron chi connectivity index (χ4n) is 3.16. The number of para-hydroxylation sites is 1. The van der Waals surface area contributed by atoms with E-state index >= 15 is 0 Å². The van der Waals surface area contributed by atoms with Crippen LogP contribution in [-0.2, 0) is 0 Å². The molecule has 110 valence electrons. The van der Waals surface area contributed by atoms with Crippen LogP contribution in [-0.4, -0.2) is 16.5 Å². The molecule has 3 rings (SSSR count). The lowest BCUT2D eigenvalue weighted by Crippen LogP contribution is -2.20. The number of pyridine rings is 1. The van der Waals surface area contributed by atoms with Crippen LogP contribution < -0.4 is 11.1 Å². The SMILES string of the molecule is NC(=S)c1cnc2ccccc2c1NCC1CCCCC1. The smallest absolute Gasteiger partial charge is 0.107 e. The van der Waals surface area contributed by atoms with Gasteiger partial charge in [-0.3, -0.25) is 4.98 Å². The second kappa shape index (κ2) is 6.39. The van der Waals surface area contributed by atoms with E-state index < -0.39 is 0 Å². The molecule has 1 aliphatic carbocycles. The molecule has 1 saturated carbocycles. The predicted octanol–water partition coefficient (Wildman–Crippen LogP) is 3.86. The average molecular weight is 299 g/mol. The van der Waals surface area contributed by atoms with Crippen molar-refractivity contribution in [3.63, 3.8) is 0 Å². The minimum Gasteiger partial charge on any atom is -0.389 e. The lowest BCUT2D eigenvalue weighted by molar-refractivity contribution is 0.373. The molecule has 21 heavy (non-hydrogen) atoms. The molecule has 0 saturated heterocycles. The van der Waals surface area contributed by atoms with Gasteiger partial charge in [0.25, 0.3) is 0 Å². The summed E-state index contributed by atoms with van der Waals surface area (Å²) in [5, 5.41) is 4.70. The predicted molar refractivity (Wildman–Crippen MR) is 92.7 cm³/mol. The molecule has 0 spiro atoms. The minimum atomic E-state index is 0.402. The molecule has 1 fully saturated rings. The molecule has 1 aromatic carbocycles. The van der Waals surface area contributed by atoms with Gasteiger partial charge in [-0.2, -0.15) is 0 Å². The van der Waals surface area contributed by atoms with Crippen LogP contribution in [0.5, 0.6) is 0 Å². The number of aromatic nitrogens is 1. The third-order valence-corrected chi connectivity index (χ3v) is 4.55. The number of nitrogens with one attached hydrogen (secondary N) is 1. The zero-order chi connectivity index (χ0) is 14.7. The highest BCUT2D eigenvalue weighted by atomic mass is 32.1. The van der Waals surface area contributed by atoms with Crippen molar-refractivity contribution in [3.05, 3.63) is 36.0 Å². The van der Waals surface area contributed by atoms with Crippen molar-refractivity contribution in [2.45, 2.75) is 32.1 Å². The molecule has 0 bridgehead atoms. The van der Waals surface area contributed by atoms with Gasteiger partial charge in [0, 0.05) is 18.1 Å². The largest absolute Gasteiger partial charge is 0.389 e. The number of fused-ring (bicyclic) bond motifs is 1. The molecule has 2 aromatic rings. The van der Waals surface area contributed by atoms with Crippen LogP contribution >= 0.6 is 12.2 Å². The van der Waals surface area contributed by atoms with E-state index in [1.54, 1.807) is 6.20 Å². The van der Waals surface area contributed by atoms with Gasteiger partial charge in [-0.25, -0.2) is 0 Å². The first-order valence-electron chi connectivity index (χ1n) is 7.67. The number of nitrogens with two attached hydrogens (primary N) is 1. The first-order chi connectivity index (χ1) is 10.3. The van der Waals surface area contributed by atoms with E-state index in [1.807, 2.05) is 18.2 Å². The summed E-state index contributed by atoms with van der Waals surface area (Å²) in [6, 6.07) is 8.12. The second-order valence-electron chi connectivity index (χ2n) is 5.81. The Bertz CT molecular complexity index is 648. The van der Waals surface area contributed by atoms with E-state index in [4.69, 9.17) is 18.0 Å². The number of anilines is 1. The van der Waals surface area contributed by atoms with E-state index in [-0.39, 0.29) is 0 Å². The number of benzene rings is 1. The van der Waals surface area contributed by atoms with Gasteiger partial charge in [0.05, 0.1) is 16.8 Å². The van der Waals surface area contributed by atoms with Crippen molar-refractivity contribution in [1.29, 1.82) is 0 Å². The fourth-order valence-corrected chi connectivity index (χ4v) is 3.31. The van der Waals surface area contributed by atoms with Crippen LogP contribution in [0.25, 0.3) is 10.9 Å². The average Bonchev–Trinajstić information content (AvgIpc) is 2.53. The maximum absolute atomic E-state index is 5.87. The highest BCUT2D eigenvalue weighted by Gasteiger charge is 2.15. The zero-order valence-electron chi connectivity index (χ0n) is 12.1. The lowest BCUT2D eigenvalue weighted by Gasteiger charge is -2.23. The van der Waals surface area contributed by atoms with Crippen molar-refractivity contribution < 1.29 is 0 Å². The summed E-state index contributed by atoms with van der Waals surface area (Å²) >= 11 is 5.18. The van der Waals surface area contributed by atoms with Crippen molar-refractivity contribution in [2.75, 3.05) is 11.9 Å². The van der Waals surface area contributed by atoms with E-state index in [0.29, 0.717) is 4.99 Å². The number of rotatable bonds is 4. The minimum absolute atomic E-state index is 0.402. The first-order valence-corrected chi connectivity index (χ1v) is 8.08. The molecule has 3 nitrogen and oxygen atoms in total. The summed E-state index contributed by atoms with van der Waals surface area (Å²) in [5.41, 5.74) is 8.73.